The third-order valence-corrected chi connectivity index (χ3v) is 4.14. The van der Waals surface area contributed by atoms with Crippen molar-refractivity contribution in [2.24, 2.45) is 5.92 Å². The summed E-state index contributed by atoms with van der Waals surface area (Å²) >= 11 is 0. The van der Waals surface area contributed by atoms with Crippen LogP contribution in [-0.2, 0) is 18.8 Å². The van der Waals surface area contributed by atoms with E-state index < -0.39 is 15.3 Å². The number of carbonyl (C=O) groups is 2. The molecule has 1 amide bonds. The molecule has 3 atom stereocenters. The second kappa shape index (κ2) is 7.05. The first-order valence-electron chi connectivity index (χ1n) is 7.03. The molecule has 1 rings (SSSR count). The number of nitrogens with zero attached hydrogens (tertiary/aromatic N) is 1. The highest BCUT2D eigenvalue weighted by atomic mass is 28.3. The zero-order chi connectivity index (χ0) is 14.6. The molecule has 0 bridgehead atoms. The van der Waals surface area contributed by atoms with Crippen LogP contribution in [0.15, 0.2) is 0 Å². The molecule has 0 saturated carbocycles. The maximum Gasteiger partial charge on any atom is 0.304 e. The predicted molar refractivity (Wildman–Crippen MR) is 74.8 cm³/mol. The summed E-state index contributed by atoms with van der Waals surface area (Å²) in [4.78, 5) is 24.9. The summed E-state index contributed by atoms with van der Waals surface area (Å²) in [5, 5.41) is 0. The van der Waals surface area contributed by atoms with E-state index in [-0.39, 0.29) is 24.0 Å². The molecule has 110 valence electrons. The smallest absolute Gasteiger partial charge is 0.304 e. The Morgan fingerprint density at radius 3 is 2.58 bits per heavy atom. The first kappa shape index (κ1) is 16.2. The third kappa shape index (κ3) is 4.04. The lowest BCUT2D eigenvalue weighted by atomic mass is 9.90. The lowest BCUT2D eigenvalue weighted by Gasteiger charge is -2.48. The highest BCUT2D eigenvalue weighted by Crippen LogP contribution is 2.34. The van der Waals surface area contributed by atoms with Gasteiger partial charge < -0.3 is 9.16 Å². The van der Waals surface area contributed by atoms with Gasteiger partial charge >= 0.3 is 5.97 Å². The average Bonchev–Trinajstić information content (AvgIpc) is 2.27. The van der Waals surface area contributed by atoms with Crippen molar-refractivity contribution in [3.05, 3.63) is 0 Å². The molecular weight excluding hydrogens is 262 g/mol. The molecule has 0 aliphatic carbocycles. The molecule has 0 radical (unpaired) electrons. The number of amides is 1. The van der Waals surface area contributed by atoms with E-state index in [0.717, 1.165) is 19.3 Å². The van der Waals surface area contributed by atoms with Gasteiger partial charge in [-0.1, -0.05) is 19.8 Å². The number of ether oxygens (including phenoxy) is 1. The Morgan fingerprint density at radius 2 is 2.11 bits per heavy atom. The number of carbonyl (C=O) groups excluding carboxylic acids is 2. The lowest BCUT2D eigenvalue weighted by Crippen LogP contribution is -2.66. The summed E-state index contributed by atoms with van der Waals surface area (Å²) in [6.45, 7) is 9.40. The molecule has 1 saturated heterocycles. The fourth-order valence-electron chi connectivity index (χ4n) is 2.40. The van der Waals surface area contributed by atoms with Crippen LogP contribution >= 0.6 is 0 Å². The standard InChI is InChI=1S/C13H25NO4Si/c1-6-7-8-11-12(16)14(9(2)18-19(4)5)13(11)17-10(3)15/h9,11,13,19H,6-8H2,1-5H3/t9?,11-,13-/m1/s1. The lowest BCUT2D eigenvalue weighted by molar-refractivity contribution is -0.216. The zero-order valence-electron chi connectivity index (χ0n) is 12.5. The molecule has 1 fully saturated rings. The van der Waals surface area contributed by atoms with Crippen molar-refractivity contribution in [1.82, 2.24) is 4.90 Å². The monoisotopic (exact) mass is 287 g/mol. The minimum absolute atomic E-state index is 0.0434. The molecule has 19 heavy (non-hydrogen) atoms. The van der Waals surface area contributed by atoms with Crippen molar-refractivity contribution in [3.8, 4) is 0 Å². The topological polar surface area (TPSA) is 55.8 Å². The van der Waals surface area contributed by atoms with E-state index >= 15 is 0 Å². The summed E-state index contributed by atoms with van der Waals surface area (Å²) < 4.78 is 11.0. The normalized spacial score (nSPS) is 24.3. The molecule has 1 aliphatic rings. The van der Waals surface area contributed by atoms with Crippen molar-refractivity contribution in [1.29, 1.82) is 0 Å². The van der Waals surface area contributed by atoms with Gasteiger partial charge in [0.1, 0.15) is 6.23 Å². The van der Waals surface area contributed by atoms with Crippen LogP contribution in [0.1, 0.15) is 40.0 Å². The van der Waals surface area contributed by atoms with E-state index in [1.807, 2.05) is 6.92 Å². The number of β-lactam (4-membered cyclic amide) rings is 1. The van der Waals surface area contributed by atoms with Crippen LogP contribution in [0.3, 0.4) is 0 Å². The van der Waals surface area contributed by atoms with Gasteiger partial charge in [0, 0.05) is 6.92 Å². The maximum absolute atomic E-state index is 12.2. The number of unbranched alkanes of at least 4 members (excludes halogenated alkanes) is 1. The van der Waals surface area contributed by atoms with Gasteiger partial charge in [-0.05, 0) is 26.4 Å². The Morgan fingerprint density at radius 1 is 1.47 bits per heavy atom. The predicted octanol–water partition coefficient (Wildman–Crippen LogP) is 1.87. The van der Waals surface area contributed by atoms with Gasteiger partial charge in [-0.3, -0.25) is 14.5 Å². The Bertz CT molecular complexity index is 335. The largest absolute Gasteiger partial charge is 0.441 e. The molecule has 0 N–H and O–H groups in total. The second-order valence-corrected chi connectivity index (χ2v) is 7.65. The van der Waals surface area contributed by atoms with Gasteiger partial charge in [0.15, 0.2) is 15.3 Å². The molecule has 0 aromatic carbocycles. The second-order valence-electron chi connectivity index (χ2n) is 5.28. The van der Waals surface area contributed by atoms with Crippen molar-refractivity contribution < 1.29 is 18.8 Å². The van der Waals surface area contributed by atoms with Gasteiger partial charge in [-0.25, -0.2) is 0 Å². The Kier molecular flexibility index (Phi) is 6.00. The van der Waals surface area contributed by atoms with Crippen LogP contribution in [0.25, 0.3) is 0 Å². The third-order valence-electron chi connectivity index (χ3n) is 3.21. The van der Waals surface area contributed by atoms with Gasteiger partial charge in [0.05, 0.1) is 5.92 Å². The van der Waals surface area contributed by atoms with Crippen LogP contribution < -0.4 is 0 Å². The van der Waals surface area contributed by atoms with E-state index in [1.54, 1.807) is 4.90 Å². The van der Waals surface area contributed by atoms with Crippen molar-refractivity contribution in [2.45, 2.75) is 65.6 Å². The highest BCUT2D eigenvalue weighted by Gasteiger charge is 2.51. The van der Waals surface area contributed by atoms with Crippen LogP contribution in [-0.4, -0.2) is 38.3 Å². The zero-order valence-corrected chi connectivity index (χ0v) is 13.7. The summed E-state index contributed by atoms with van der Waals surface area (Å²) in [6, 6.07) is 0. The average molecular weight is 287 g/mol. The molecule has 1 unspecified atom stereocenters. The van der Waals surface area contributed by atoms with Gasteiger partial charge in [0.25, 0.3) is 0 Å². The Balaban J connectivity index is 2.68. The minimum atomic E-state index is -1.23. The SMILES string of the molecule is CCCC[C@@H]1C(=O)N(C(C)O[SiH](C)C)[C@@H]1OC(C)=O. The molecule has 6 heteroatoms. The van der Waals surface area contributed by atoms with Crippen molar-refractivity contribution >= 4 is 20.9 Å². The summed E-state index contributed by atoms with van der Waals surface area (Å²) in [5.74, 6) is -0.497. The summed E-state index contributed by atoms with van der Waals surface area (Å²) in [7, 11) is -1.23. The van der Waals surface area contributed by atoms with Crippen LogP contribution in [0.5, 0.6) is 0 Å². The summed E-state index contributed by atoms with van der Waals surface area (Å²) in [5.41, 5.74) is 0. The fraction of sp³-hybridized carbons (Fsp3) is 0.846. The molecule has 0 aromatic rings. The molecule has 0 spiro atoms. The van der Waals surface area contributed by atoms with Gasteiger partial charge in [0.2, 0.25) is 5.91 Å². The van der Waals surface area contributed by atoms with Crippen LogP contribution in [0.4, 0.5) is 0 Å². The number of hydrogen-bond acceptors (Lipinski definition) is 4. The molecule has 1 aliphatic heterocycles. The van der Waals surface area contributed by atoms with E-state index in [0.29, 0.717) is 0 Å². The molecule has 1 heterocycles. The van der Waals surface area contributed by atoms with Crippen molar-refractivity contribution in [2.75, 3.05) is 0 Å². The molecule has 5 nitrogen and oxygen atoms in total. The first-order valence-corrected chi connectivity index (χ1v) is 9.81. The minimum Gasteiger partial charge on any atom is -0.441 e. The number of likely N-dealkylation sites (tertiary alicyclic amines) is 1. The summed E-state index contributed by atoms with van der Waals surface area (Å²) in [6.07, 6.45) is 2.02. The van der Waals surface area contributed by atoms with E-state index in [4.69, 9.17) is 9.16 Å². The van der Waals surface area contributed by atoms with Gasteiger partial charge in [-0.15, -0.1) is 0 Å². The fourth-order valence-corrected chi connectivity index (χ4v) is 3.31. The first-order chi connectivity index (χ1) is 8.88. The van der Waals surface area contributed by atoms with Crippen LogP contribution in [0.2, 0.25) is 13.1 Å². The highest BCUT2D eigenvalue weighted by molar-refractivity contribution is 6.48. The number of esters is 1. The Labute approximate surface area is 117 Å². The van der Waals surface area contributed by atoms with Gasteiger partial charge in [-0.2, -0.15) is 0 Å². The van der Waals surface area contributed by atoms with E-state index in [1.165, 1.54) is 6.92 Å². The molecule has 0 aromatic heterocycles. The quantitative estimate of drug-likeness (QED) is 0.407. The number of rotatable bonds is 7. The van der Waals surface area contributed by atoms with E-state index in [9.17, 15) is 9.59 Å². The van der Waals surface area contributed by atoms with E-state index in [2.05, 4.69) is 20.0 Å². The maximum atomic E-state index is 12.2. The molecular formula is C13H25NO4Si. The van der Waals surface area contributed by atoms with Crippen LogP contribution in [0, 0.1) is 5.92 Å². The van der Waals surface area contributed by atoms with Crippen molar-refractivity contribution in [3.63, 3.8) is 0 Å². The Hall–Kier alpha value is -0.883. The number of hydrogen-bond donors (Lipinski definition) is 0.